The van der Waals surface area contributed by atoms with E-state index in [2.05, 4.69) is 12.1 Å². The molecule has 3 aliphatic rings. The van der Waals surface area contributed by atoms with Crippen molar-refractivity contribution in [2.24, 2.45) is 11.8 Å². The summed E-state index contributed by atoms with van der Waals surface area (Å²) < 4.78 is 17.3. The van der Waals surface area contributed by atoms with Crippen LogP contribution in [0.1, 0.15) is 56.9 Å². The summed E-state index contributed by atoms with van der Waals surface area (Å²) in [6.45, 7) is 6.58. The second-order valence-electron chi connectivity index (χ2n) is 9.08. The highest BCUT2D eigenvalue weighted by Crippen LogP contribution is 2.49. The van der Waals surface area contributed by atoms with Crippen LogP contribution < -0.4 is 9.64 Å². The number of Topliss-reactive ketones (excluding diaryl/α,β-unsaturated/α-hetero) is 1. The molecule has 3 heterocycles. The minimum absolute atomic E-state index is 0.0174. The second kappa shape index (κ2) is 8.11. The third kappa shape index (κ3) is 3.40. The Kier molecular flexibility index (Phi) is 5.27. The lowest BCUT2D eigenvalue weighted by Gasteiger charge is -2.37. The van der Waals surface area contributed by atoms with Crippen LogP contribution in [-0.2, 0) is 14.3 Å². The molecule has 7 nitrogen and oxygen atoms in total. The Morgan fingerprint density at radius 1 is 1.22 bits per heavy atom. The zero-order valence-electron chi connectivity index (χ0n) is 18.7. The number of ether oxygens (including phenoxy) is 2. The van der Waals surface area contributed by atoms with Gasteiger partial charge in [0.15, 0.2) is 17.4 Å². The first kappa shape index (κ1) is 20.8. The number of rotatable bonds is 5. The lowest BCUT2D eigenvalue weighted by molar-refractivity contribution is -0.132. The van der Waals surface area contributed by atoms with Crippen LogP contribution in [-0.4, -0.2) is 29.6 Å². The Morgan fingerprint density at radius 2 is 2.06 bits per heavy atom. The molecular weight excluding hydrogens is 408 g/mol. The van der Waals surface area contributed by atoms with Gasteiger partial charge in [-0.1, -0.05) is 31.1 Å². The molecule has 1 amide bonds. The van der Waals surface area contributed by atoms with Gasteiger partial charge in [0, 0.05) is 6.07 Å². The van der Waals surface area contributed by atoms with Gasteiger partial charge in [0.1, 0.15) is 17.6 Å². The maximum Gasteiger partial charge on any atom is 0.295 e. The van der Waals surface area contributed by atoms with Gasteiger partial charge >= 0.3 is 0 Å². The number of amides is 1. The lowest BCUT2D eigenvalue weighted by atomic mass is 9.74. The second-order valence-corrected chi connectivity index (χ2v) is 9.08. The molecule has 0 bridgehead atoms. The molecule has 1 saturated carbocycles. The van der Waals surface area contributed by atoms with Crippen molar-refractivity contribution >= 4 is 17.5 Å². The van der Waals surface area contributed by atoms with Crippen molar-refractivity contribution in [1.29, 1.82) is 0 Å². The Labute approximate surface area is 187 Å². The molecule has 0 spiro atoms. The maximum atomic E-state index is 13.8. The third-order valence-corrected chi connectivity index (χ3v) is 6.62. The molecule has 4 atom stereocenters. The molecule has 1 aromatic heterocycles. The maximum absolute atomic E-state index is 13.8. The zero-order chi connectivity index (χ0) is 22.4. The number of carbonyl (C=O) groups excluding carboxylic acids is 2. The van der Waals surface area contributed by atoms with Gasteiger partial charge in [-0.2, -0.15) is 0 Å². The topological polar surface area (TPSA) is 81.9 Å². The molecule has 2 aromatic rings. The fourth-order valence-electron chi connectivity index (χ4n) is 5.09. The Morgan fingerprint density at radius 3 is 2.81 bits per heavy atom. The molecule has 0 radical (unpaired) electrons. The van der Waals surface area contributed by atoms with Gasteiger partial charge in [-0.05, 0) is 56.2 Å². The number of hydrogen-bond donors (Lipinski definition) is 0. The third-order valence-electron chi connectivity index (χ3n) is 6.62. The quantitative estimate of drug-likeness (QED) is 0.686. The summed E-state index contributed by atoms with van der Waals surface area (Å²) in [6.07, 6.45) is 3.22. The van der Waals surface area contributed by atoms with Crippen molar-refractivity contribution < 1.29 is 23.6 Å². The summed E-state index contributed by atoms with van der Waals surface area (Å²) in [5, 5.41) is 4.09. The van der Waals surface area contributed by atoms with Gasteiger partial charge in [0.2, 0.25) is 0 Å². The Hall–Kier alpha value is -3.09. The van der Waals surface area contributed by atoms with E-state index < -0.39 is 6.04 Å². The largest absolute Gasteiger partial charge is 0.494 e. The van der Waals surface area contributed by atoms with E-state index in [0.29, 0.717) is 35.4 Å². The number of carbonyl (C=O) groups is 2. The van der Waals surface area contributed by atoms with Gasteiger partial charge in [-0.15, -0.1) is 0 Å². The molecule has 1 aliphatic carbocycles. The van der Waals surface area contributed by atoms with Crippen molar-refractivity contribution in [2.75, 3.05) is 11.5 Å². The van der Waals surface area contributed by atoms with Crippen molar-refractivity contribution in [1.82, 2.24) is 5.16 Å². The molecule has 0 saturated heterocycles. The normalized spacial score (nSPS) is 27.3. The van der Waals surface area contributed by atoms with Gasteiger partial charge in [0.25, 0.3) is 5.91 Å². The van der Waals surface area contributed by atoms with Crippen molar-refractivity contribution in [2.45, 2.75) is 58.6 Å². The average molecular weight is 437 g/mol. The zero-order valence-corrected chi connectivity index (χ0v) is 18.7. The number of benzene rings is 1. The van der Waals surface area contributed by atoms with Gasteiger partial charge in [0.05, 0.1) is 24.1 Å². The first-order chi connectivity index (χ1) is 15.5. The summed E-state index contributed by atoms with van der Waals surface area (Å²) in [5.41, 5.74) is 1.22. The van der Waals surface area contributed by atoms with Crippen molar-refractivity contribution in [3.63, 3.8) is 0 Å². The lowest BCUT2D eigenvalue weighted by Crippen LogP contribution is -2.41. The number of aryl methyl sites for hydroxylation is 1. The number of fused-ring (bicyclic) bond motifs is 1. The van der Waals surface area contributed by atoms with Crippen LogP contribution in [0.4, 0.5) is 5.82 Å². The van der Waals surface area contributed by atoms with Crippen LogP contribution in [0.3, 0.4) is 0 Å². The average Bonchev–Trinajstić information content (AvgIpc) is 3.34. The first-order valence-electron chi connectivity index (χ1n) is 11.4. The molecule has 4 unspecified atom stereocenters. The minimum atomic E-state index is -0.627. The van der Waals surface area contributed by atoms with Crippen molar-refractivity contribution in [3.05, 3.63) is 53.0 Å². The summed E-state index contributed by atoms with van der Waals surface area (Å²) in [5.74, 6) is 1.75. The highest BCUT2D eigenvalue weighted by Gasteiger charge is 2.53. The molecule has 1 fully saturated rings. The van der Waals surface area contributed by atoms with Gasteiger partial charge in [-0.25, -0.2) is 0 Å². The first-order valence-corrected chi connectivity index (χ1v) is 11.4. The van der Waals surface area contributed by atoms with Crippen LogP contribution >= 0.6 is 0 Å². The summed E-state index contributed by atoms with van der Waals surface area (Å²) in [7, 11) is 0. The monoisotopic (exact) mass is 436 g/mol. The molecule has 32 heavy (non-hydrogen) atoms. The Balaban J connectivity index is 1.61. The Bertz CT molecular complexity index is 1090. The predicted molar refractivity (Wildman–Crippen MR) is 117 cm³/mol. The summed E-state index contributed by atoms with van der Waals surface area (Å²) in [6, 6.07) is 8.66. The molecule has 7 heteroatoms. The SMILES string of the molecule is CCCOc1cccc(C2C3=C(OC4CCC(C)CC4C3=O)C(=O)N2c2cc(C)on2)c1. The van der Waals surface area contributed by atoms with E-state index in [9.17, 15) is 9.59 Å². The molecule has 168 valence electrons. The minimum Gasteiger partial charge on any atom is -0.494 e. The molecule has 2 aliphatic heterocycles. The highest BCUT2D eigenvalue weighted by molar-refractivity contribution is 6.17. The summed E-state index contributed by atoms with van der Waals surface area (Å²) in [4.78, 5) is 28.8. The van der Waals surface area contributed by atoms with Crippen molar-refractivity contribution in [3.8, 4) is 5.75 Å². The smallest absolute Gasteiger partial charge is 0.295 e. The van der Waals surface area contributed by atoms with Gasteiger partial charge in [-0.3, -0.25) is 14.5 Å². The van der Waals surface area contributed by atoms with Crippen LogP contribution in [0.2, 0.25) is 0 Å². The van der Waals surface area contributed by atoms with E-state index in [1.54, 1.807) is 13.0 Å². The van der Waals surface area contributed by atoms with Crippen LogP contribution in [0.5, 0.6) is 5.75 Å². The molecule has 1 aromatic carbocycles. The fraction of sp³-hybridized carbons (Fsp3) is 0.480. The van der Waals surface area contributed by atoms with E-state index in [1.165, 1.54) is 4.90 Å². The molecule has 5 rings (SSSR count). The van der Waals surface area contributed by atoms with Crippen LogP contribution in [0.15, 0.2) is 46.2 Å². The number of ketones is 1. The van der Waals surface area contributed by atoms with E-state index in [1.807, 2.05) is 31.2 Å². The fourth-order valence-corrected chi connectivity index (χ4v) is 5.09. The number of hydrogen-bond acceptors (Lipinski definition) is 6. The standard InChI is InChI=1S/C25H28N2O5/c1-4-10-30-17-7-5-6-16(13-17)22-21-23(28)18-11-14(2)8-9-19(18)31-24(21)25(29)27(22)20-12-15(3)32-26-20/h5-7,12-14,18-19,22H,4,8-11H2,1-3H3. The van der Waals surface area contributed by atoms with Gasteiger partial charge < -0.3 is 14.0 Å². The summed E-state index contributed by atoms with van der Waals surface area (Å²) >= 11 is 0. The number of nitrogens with zero attached hydrogens (tertiary/aromatic N) is 2. The number of aromatic nitrogens is 1. The van der Waals surface area contributed by atoms with E-state index >= 15 is 0 Å². The predicted octanol–water partition coefficient (Wildman–Crippen LogP) is 4.52. The molecular formula is C25H28N2O5. The van der Waals surface area contributed by atoms with Crippen LogP contribution in [0.25, 0.3) is 0 Å². The van der Waals surface area contributed by atoms with Crippen LogP contribution in [0, 0.1) is 18.8 Å². The van der Waals surface area contributed by atoms with E-state index in [4.69, 9.17) is 14.0 Å². The molecule has 0 N–H and O–H groups in total. The van der Waals surface area contributed by atoms with E-state index in [-0.39, 0.29) is 29.5 Å². The van der Waals surface area contributed by atoms with E-state index in [0.717, 1.165) is 31.2 Å². The number of anilines is 1. The highest BCUT2D eigenvalue weighted by atomic mass is 16.5.